The monoisotopic (exact) mass is 365 g/mol. The Morgan fingerprint density at radius 3 is 2.65 bits per heavy atom. The summed E-state index contributed by atoms with van der Waals surface area (Å²) in [5, 5.41) is 5.59. The average molecular weight is 365 g/mol. The Morgan fingerprint density at radius 2 is 1.96 bits per heavy atom. The molecule has 0 radical (unpaired) electrons. The Bertz CT molecular complexity index is 1150. The van der Waals surface area contributed by atoms with Crippen LogP contribution in [0.5, 0.6) is 0 Å². The van der Waals surface area contributed by atoms with Gasteiger partial charge < -0.3 is 9.88 Å². The number of aromatic nitrogens is 2. The average Bonchev–Trinajstić information content (AvgIpc) is 3.19. The minimum absolute atomic E-state index is 0.152. The first-order chi connectivity index (χ1) is 12.7. The van der Waals surface area contributed by atoms with Crippen LogP contribution in [0.15, 0.2) is 65.0 Å². The summed E-state index contributed by atoms with van der Waals surface area (Å²) < 4.78 is 15.1. The van der Waals surface area contributed by atoms with E-state index in [4.69, 9.17) is 0 Å². The first-order valence-corrected chi connectivity index (χ1v) is 8.61. The zero-order chi connectivity index (χ0) is 18.1. The van der Waals surface area contributed by atoms with E-state index in [1.807, 2.05) is 17.5 Å². The van der Waals surface area contributed by atoms with Crippen molar-refractivity contribution in [3.05, 3.63) is 76.3 Å². The molecule has 0 unspecified atom stereocenters. The maximum atomic E-state index is 13.3. The van der Waals surface area contributed by atoms with E-state index < -0.39 is 0 Å². The highest BCUT2D eigenvalue weighted by Gasteiger charge is 2.12. The largest absolute Gasteiger partial charge is 0.324 e. The summed E-state index contributed by atoms with van der Waals surface area (Å²) >= 11 is 1.50. The van der Waals surface area contributed by atoms with E-state index in [2.05, 4.69) is 10.3 Å². The van der Waals surface area contributed by atoms with Crippen LogP contribution in [0.25, 0.3) is 27.2 Å². The van der Waals surface area contributed by atoms with Gasteiger partial charge in [-0.3, -0.25) is 9.59 Å². The molecule has 128 valence electrons. The fourth-order valence-electron chi connectivity index (χ4n) is 2.81. The summed E-state index contributed by atoms with van der Waals surface area (Å²) in [6.45, 7) is 0. The van der Waals surface area contributed by atoms with E-state index in [-0.39, 0.29) is 16.9 Å². The van der Waals surface area contributed by atoms with Gasteiger partial charge in [0.25, 0.3) is 0 Å². The lowest BCUT2D eigenvalue weighted by molar-refractivity contribution is -0.105. The summed E-state index contributed by atoms with van der Waals surface area (Å²) in [4.78, 5) is 27.8. The van der Waals surface area contributed by atoms with Crippen molar-refractivity contribution in [3.63, 3.8) is 0 Å². The molecule has 7 heteroatoms. The van der Waals surface area contributed by atoms with Crippen LogP contribution >= 0.6 is 11.3 Å². The number of halogens is 1. The molecule has 1 amide bonds. The zero-order valence-corrected chi connectivity index (χ0v) is 14.2. The van der Waals surface area contributed by atoms with Crippen LogP contribution < -0.4 is 10.7 Å². The zero-order valence-electron chi connectivity index (χ0n) is 13.3. The number of hydrogen-bond donors (Lipinski definition) is 1. The van der Waals surface area contributed by atoms with Gasteiger partial charge in [0.15, 0.2) is 0 Å². The highest BCUT2D eigenvalue weighted by atomic mass is 32.1. The molecule has 0 bridgehead atoms. The van der Waals surface area contributed by atoms with Gasteiger partial charge in [-0.15, -0.1) is 11.3 Å². The normalized spacial score (nSPS) is 10.8. The number of anilines is 1. The van der Waals surface area contributed by atoms with Crippen molar-refractivity contribution in [2.45, 2.75) is 0 Å². The number of nitrogens with one attached hydrogen (secondary N) is 1. The number of amides is 1. The molecular formula is C19H12FN3O2S. The maximum Gasteiger partial charge on any atom is 0.212 e. The molecule has 0 saturated carbocycles. The van der Waals surface area contributed by atoms with E-state index in [1.54, 1.807) is 29.0 Å². The van der Waals surface area contributed by atoms with Crippen LogP contribution in [0.2, 0.25) is 0 Å². The van der Waals surface area contributed by atoms with Crippen molar-refractivity contribution in [1.29, 1.82) is 0 Å². The summed E-state index contributed by atoms with van der Waals surface area (Å²) in [7, 11) is 0. The first-order valence-electron chi connectivity index (χ1n) is 7.73. The summed E-state index contributed by atoms with van der Waals surface area (Å²) in [5.41, 5.74) is 2.06. The number of carbonyl (C=O) groups excluding carboxylic acids is 1. The fourth-order valence-corrected chi connectivity index (χ4v) is 3.44. The van der Waals surface area contributed by atoms with Gasteiger partial charge in [-0.05, 0) is 36.4 Å². The standard InChI is InChI=1S/C19H12FN3O2S/c20-13-2-4-14(5-3-13)23-10-16(22-11-24)18(25)15-6-1-12(9-17(15)23)19-21-7-8-26-19/h1-11H,(H,22,24). The topological polar surface area (TPSA) is 64.0 Å². The molecule has 1 N–H and O–H groups in total. The highest BCUT2D eigenvalue weighted by molar-refractivity contribution is 7.13. The van der Waals surface area contributed by atoms with Gasteiger partial charge in [0.1, 0.15) is 16.5 Å². The smallest absolute Gasteiger partial charge is 0.212 e. The van der Waals surface area contributed by atoms with Gasteiger partial charge in [0, 0.05) is 34.4 Å². The van der Waals surface area contributed by atoms with E-state index in [1.165, 1.54) is 29.7 Å². The molecule has 0 aliphatic heterocycles. The predicted molar refractivity (Wildman–Crippen MR) is 100 cm³/mol. The third-order valence-electron chi connectivity index (χ3n) is 4.00. The molecule has 0 aliphatic carbocycles. The number of benzene rings is 2. The Kier molecular flexibility index (Phi) is 4.06. The number of carbonyl (C=O) groups is 1. The van der Waals surface area contributed by atoms with Gasteiger partial charge in [0.2, 0.25) is 11.8 Å². The van der Waals surface area contributed by atoms with Crippen molar-refractivity contribution in [3.8, 4) is 16.3 Å². The second-order valence-corrected chi connectivity index (χ2v) is 6.44. The first kappa shape index (κ1) is 16.2. The summed E-state index contributed by atoms with van der Waals surface area (Å²) in [6, 6.07) is 11.3. The van der Waals surface area contributed by atoms with E-state index in [0.29, 0.717) is 23.0 Å². The number of pyridine rings is 1. The van der Waals surface area contributed by atoms with Gasteiger partial charge in [-0.25, -0.2) is 9.37 Å². The maximum absolute atomic E-state index is 13.3. The molecule has 0 saturated heterocycles. The van der Waals surface area contributed by atoms with E-state index in [0.717, 1.165) is 10.6 Å². The Labute approximate surface area is 151 Å². The second-order valence-electron chi connectivity index (χ2n) is 5.55. The Morgan fingerprint density at radius 1 is 1.15 bits per heavy atom. The van der Waals surface area contributed by atoms with Crippen molar-refractivity contribution in [2.24, 2.45) is 0 Å². The van der Waals surface area contributed by atoms with Gasteiger partial charge in [0.05, 0.1) is 5.52 Å². The highest BCUT2D eigenvalue weighted by Crippen LogP contribution is 2.27. The fraction of sp³-hybridized carbons (Fsp3) is 0. The second kappa shape index (κ2) is 6.53. The molecule has 0 spiro atoms. The summed E-state index contributed by atoms with van der Waals surface area (Å²) in [5.74, 6) is -0.353. The number of fused-ring (bicyclic) bond motifs is 1. The molecule has 2 aromatic heterocycles. The van der Waals surface area contributed by atoms with Crippen molar-refractivity contribution >= 4 is 34.3 Å². The number of hydrogen-bond acceptors (Lipinski definition) is 4. The molecule has 0 fully saturated rings. The third kappa shape index (κ3) is 2.78. The molecule has 4 aromatic rings. The molecule has 2 aromatic carbocycles. The third-order valence-corrected chi connectivity index (χ3v) is 4.83. The van der Waals surface area contributed by atoms with Crippen LogP contribution in [-0.4, -0.2) is 16.0 Å². The lowest BCUT2D eigenvalue weighted by atomic mass is 10.1. The molecule has 5 nitrogen and oxygen atoms in total. The van der Waals surface area contributed by atoms with Crippen LogP contribution in [-0.2, 0) is 4.79 Å². The van der Waals surface area contributed by atoms with Crippen LogP contribution in [0.4, 0.5) is 10.1 Å². The lowest BCUT2D eigenvalue weighted by Crippen LogP contribution is -2.14. The Balaban J connectivity index is 2.04. The summed E-state index contributed by atoms with van der Waals surface area (Å²) in [6.07, 6.45) is 3.72. The number of nitrogens with zero attached hydrogens (tertiary/aromatic N) is 2. The van der Waals surface area contributed by atoms with Gasteiger partial charge >= 0.3 is 0 Å². The molecule has 2 heterocycles. The predicted octanol–water partition coefficient (Wildman–Crippen LogP) is 3.82. The lowest BCUT2D eigenvalue weighted by Gasteiger charge is -2.14. The van der Waals surface area contributed by atoms with Crippen molar-refractivity contribution in [1.82, 2.24) is 9.55 Å². The number of thiazole rings is 1. The Hall–Kier alpha value is -3.32. The molecular weight excluding hydrogens is 353 g/mol. The van der Waals surface area contributed by atoms with Crippen molar-refractivity contribution < 1.29 is 9.18 Å². The van der Waals surface area contributed by atoms with Crippen LogP contribution in [0.3, 0.4) is 0 Å². The van der Waals surface area contributed by atoms with E-state index in [9.17, 15) is 14.0 Å². The van der Waals surface area contributed by atoms with Crippen LogP contribution in [0.1, 0.15) is 0 Å². The van der Waals surface area contributed by atoms with Gasteiger partial charge in [-0.2, -0.15) is 0 Å². The van der Waals surface area contributed by atoms with Crippen molar-refractivity contribution in [2.75, 3.05) is 5.32 Å². The molecule has 0 atom stereocenters. The number of rotatable bonds is 4. The molecule has 4 rings (SSSR count). The SMILES string of the molecule is O=CNc1cn(-c2ccc(F)cc2)c2cc(-c3nccs3)ccc2c1=O. The molecule has 0 aliphatic rings. The minimum Gasteiger partial charge on any atom is -0.324 e. The molecule has 26 heavy (non-hydrogen) atoms. The van der Waals surface area contributed by atoms with Gasteiger partial charge in [-0.1, -0.05) is 6.07 Å². The van der Waals surface area contributed by atoms with Crippen LogP contribution in [0, 0.1) is 5.82 Å². The minimum atomic E-state index is -0.353. The van der Waals surface area contributed by atoms with E-state index >= 15 is 0 Å². The quantitative estimate of drug-likeness (QED) is 0.559.